The minimum atomic E-state index is -0.899. The lowest BCUT2D eigenvalue weighted by molar-refractivity contribution is -0.158. The van der Waals surface area contributed by atoms with Gasteiger partial charge in [-0.1, -0.05) is 23.7 Å². The van der Waals surface area contributed by atoms with Gasteiger partial charge < -0.3 is 14.8 Å². The minimum absolute atomic E-state index is 0.222. The molecule has 1 aliphatic heterocycles. The summed E-state index contributed by atoms with van der Waals surface area (Å²) >= 11 is 5.99. The number of carbonyl (C=O) groups is 2. The van der Waals surface area contributed by atoms with Crippen LogP contribution in [0.1, 0.15) is 18.1 Å². The third kappa shape index (κ3) is 4.35. The van der Waals surface area contributed by atoms with Crippen LogP contribution in [-0.2, 0) is 20.7 Å². The number of halogens is 1. The Kier molecular flexibility index (Phi) is 5.47. The van der Waals surface area contributed by atoms with Gasteiger partial charge in [-0.05, 0) is 61.7 Å². The molecular formula is C20H20ClNO4. The molecule has 0 spiro atoms. The molecule has 0 bridgehead atoms. The van der Waals surface area contributed by atoms with Gasteiger partial charge in [-0.3, -0.25) is 9.59 Å². The standard InChI is InChI=1S/C20H20ClNO4/c1-12-4-3-5-17(8-12)22-19(23)13(2)26-20(24)15-9-14-10-16(21)6-7-18(14)25-11-15/h3-8,10,13,15H,9,11H2,1-2H3,(H,22,23)/t13-,15-/m0/s1. The van der Waals surface area contributed by atoms with Crippen molar-refractivity contribution >= 4 is 29.2 Å². The van der Waals surface area contributed by atoms with Crippen LogP contribution in [0.25, 0.3) is 0 Å². The number of rotatable bonds is 4. The molecule has 0 aromatic heterocycles. The van der Waals surface area contributed by atoms with Crippen molar-refractivity contribution in [2.75, 3.05) is 11.9 Å². The number of amides is 1. The summed E-state index contributed by atoms with van der Waals surface area (Å²) in [4.78, 5) is 24.6. The molecule has 136 valence electrons. The molecular weight excluding hydrogens is 354 g/mol. The first-order chi connectivity index (χ1) is 12.4. The zero-order valence-electron chi connectivity index (χ0n) is 14.6. The Morgan fingerprint density at radius 1 is 1.27 bits per heavy atom. The third-order valence-electron chi connectivity index (χ3n) is 4.21. The van der Waals surface area contributed by atoms with Crippen LogP contribution in [-0.4, -0.2) is 24.6 Å². The van der Waals surface area contributed by atoms with Gasteiger partial charge in [0.1, 0.15) is 12.4 Å². The number of ether oxygens (including phenoxy) is 2. The number of hydrogen-bond donors (Lipinski definition) is 1. The normalized spacial score (nSPS) is 16.8. The van der Waals surface area contributed by atoms with Crippen LogP contribution in [0.3, 0.4) is 0 Å². The molecule has 1 aliphatic rings. The van der Waals surface area contributed by atoms with Crippen molar-refractivity contribution in [1.29, 1.82) is 0 Å². The van der Waals surface area contributed by atoms with E-state index in [9.17, 15) is 9.59 Å². The lowest BCUT2D eigenvalue weighted by Crippen LogP contribution is -2.36. The predicted octanol–water partition coefficient (Wildman–Crippen LogP) is 3.77. The molecule has 2 atom stereocenters. The van der Waals surface area contributed by atoms with E-state index >= 15 is 0 Å². The van der Waals surface area contributed by atoms with Crippen LogP contribution in [0, 0.1) is 12.8 Å². The molecule has 0 radical (unpaired) electrons. The van der Waals surface area contributed by atoms with Gasteiger partial charge in [0, 0.05) is 10.7 Å². The number of aryl methyl sites for hydroxylation is 1. The third-order valence-corrected chi connectivity index (χ3v) is 4.45. The molecule has 0 aliphatic carbocycles. The highest BCUT2D eigenvalue weighted by Gasteiger charge is 2.30. The Bertz CT molecular complexity index is 836. The van der Waals surface area contributed by atoms with Gasteiger partial charge in [-0.15, -0.1) is 0 Å². The van der Waals surface area contributed by atoms with E-state index < -0.39 is 18.0 Å². The highest BCUT2D eigenvalue weighted by Crippen LogP contribution is 2.30. The SMILES string of the molecule is Cc1cccc(NC(=O)[C@H](C)OC(=O)[C@@H]2COc3ccc(Cl)cc3C2)c1. The van der Waals surface area contributed by atoms with Crippen LogP contribution in [0.4, 0.5) is 5.69 Å². The molecule has 0 unspecified atom stereocenters. The molecule has 0 saturated heterocycles. The van der Waals surface area contributed by atoms with Gasteiger partial charge in [-0.2, -0.15) is 0 Å². The first-order valence-electron chi connectivity index (χ1n) is 8.41. The number of hydrogen-bond acceptors (Lipinski definition) is 4. The van der Waals surface area contributed by atoms with Crippen molar-refractivity contribution in [2.45, 2.75) is 26.4 Å². The fourth-order valence-electron chi connectivity index (χ4n) is 2.81. The van der Waals surface area contributed by atoms with Gasteiger partial charge >= 0.3 is 5.97 Å². The summed E-state index contributed by atoms with van der Waals surface area (Å²) in [6.07, 6.45) is -0.426. The van der Waals surface area contributed by atoms with E-state index in [2.05, 4.69) is 5.32 Å². The van der Waals surface area contributed by atoms with Crippen LogP contribution in [0.5, 0.6) is 5.75 Å². The Morgan fingerprint density at radius 2 is 2.08 bits per heavy atom. The molecule has 0 saturated carbocycles. The Hall–Kier alpha value is -2.53. The largest absolute Gasteiger partial charge is 0.492 e. The number of anilines is 1. The van der Waals surface area contributed by atoms with Crippen molar-refractivity contribution < 1.29 is 19.1 Å². The molecule has 1 N–H and O–H groups in total. The van der Waals surface area contributed by atoms with E-state index in [0.717, 1.165) is 16.9 Å². The van der Waals surface area contributed by atoms with Gasteiger partial charge in [0.15, 0.2) is 6.10 Å². The zero-order valence-corrected chi connectivity index (χ0v) is 15.4. The Labute approximate surface area is 157 Å². The second kappa shape index (κ2) is 7.79. The monoisotopic (exact) mass is 373 g/mol. The van der Waals surface area contributed by atoms with Crippen molar-refractivity contribution in [3.8, 4) is 5.75 Å². The fourth-order valence-corrected chi connectivity index (χ4v) is 3.00. The average molecular weight is 374 g/mol. The number of nitrogens with one attached hydrogen (secondary N) is 1. The predicted molar refractivity (Wildman–Crippen MR) is 99.5 cm³/mol. The van der Waals surface area contributed by atoms with E-state index in [1.54, 1.807) is 31.2 Å². The minimum Gasteiger partial charge on any atom is -0.492 e. The smallest absolute Gasteiger partial charge is 0.313 e. The number of fused-ring (bicyclic) bond motifs is 1. The molecule has 0 fully saturated rings. The highest BCUT2D eigenvalue weighted by atomic mass is 35.5. The van der Waals surface area contributed by atoms with Crippen LogP contribution < -0.4 is 10.1 Å². The van der Waals surface area contributed by atoms with E-state index in [-0.39, 0.29) is 12.5 Å². The summed E-state index contributed by atoms with van der Waals surface area (Å²) in [6.45, 7) is 3.71. The van der Waals surface area contributed by atoms with Gasteiger partial charge in [0.2, 0.25) is 0 Å². The number of esters is 1. The summed E-state index contributed by atoms with van der Waals surface area (Å²) in [7, 11) is 0. The van der Waals surface area contributed by atoms with Crippen molar-refractivity contribution in [3.05, 3.63) is 58.6 Å². The molecule has 26 heavy (non-hydrogen) atoms. The molecule has 3 rings (SSSR count). The van der Waals surface area contributed by atoms with E-state index in [1.807, 2.05) is 25.1 Å². The van der Waals surface area contributed by atoms with Gasteiger partial charge in [0.25, 0.3) is 5.91 Å². The molecule has 2 aromatic carbocycles. The second-order valence-corrected chi connectivity index (χ2v) is 6.84. The number of carbonyl (C=O) groups excluding carboxylic acids is 2. The van der Waals surface area contributed by atoms with Gasteiger partial charge in [0.05, 0.1) is 5.92 Å². The van der Waals surface area contributed by atoms with E-state index in [0.29, 0.717) is 17.1 Å². The van der Waals surface area contributed by atoms with Gasteiger partial charge in [-0.25, -0.2) is 0 Å². The topological polar surface area (TPSA) is 64.6 Å². The lowest BCUT2D eigenvalue weighted by atomic mass is 9.97. The van der Waals surface area contributed by atoms with Crippen molar-refractivity contribution in [2.24, 2.45) is 5.92 Å². The summed E-state index contributed by atoms with van der Waals surface area (Å²) < 4.78 is 10.9. The lowest BCUT2D eigenvalue weighted by Gasteiger charge is -2.25. The summed E-state index contributed by atoms with van der Waals surface area (Å²) in [6, 6.07) is 12.7. The Morgan fingerprint density at radius 3 is 2.85 bits per heavy atom. The molecule has 5 nitrogen and oxygen atoms in total. The summed E-state index contributed by atoms with van der Waals surface area (Å²) in [5.41, 5.74) is 2.56. The molecule has 2 aromatic rings. The van der Waals surface area contributed by atoms with Crippen LogP contribution in [0.15, 0.2) is 42.5 Å². The Balaban J connectivity index is 1.58. The number of benzene rings is 2. The maximum Gasteiger partial charge on any atom is 0.313 e. The quantitative estimate of drug-likeness (QED) is 0.828. The second-order valence-electron chi connectivity index (χ2n) is 6.40. The van der Waals surface area contributed by atoms with E-state index in [4.69, 9.17) is 21.1 Å². The summed E-state index contributed by atoms with van der Waals surface area (Å²) in [5.74, 6) is -0.564. The molecule has 1 amide bonds. The zero-order chi connectivity index (χ0) is 18.7. The highest BCUT2D eigenvalue weighted by molar-refractivity contribution is 6.30. The first kappa shape index (κ1) is 18.3. The molecule has 6 heteroatoms. The van der Waals surface area contributed by atoms with Crippen molar-refractivity contribution in [3.63, 3.8) is 0 Å². The van der Waals surface area contributed by atoms with Crippen molar-refractivity contribution in [1.82, 2.24) is 0 Å². The first-order valence-corrected chi connectivity index (χ1v) is 8.79. The maximum absolute atomic E-state index is 12.4. The summed E-state index contributed by atoms with van der Waals surface area (Å²) in [5, 5.41) is 3.34. The van der Waals surface area contributed by atoms with Crippen LogP contribution in [0.2, 0.25) is 5.02 Å². The molecule has 1 heterocycles. The fraction of sp³-hybridized carbons (Fsp3) is 0.300. The van der Waals surface area contributed by atoms with E-state index in [1.165, 1.54) is 0 Å². The maximum atomic E-state index is 12.4. The van der Waals surface area contributed by atoms with Crippen LogP contribution >= 0.6 is 11.6 Å². The average Bonchev–Trinajstić information content (AvgIpc) is 2.60.